The molecule has 9 nitrogen and oxygen atoms in total. The molecule has 0 bridgehead atoms. The highest BCUT2D eigenvalue weighted by molar-refractivity contribution is 5.93. The number of fused-ring (bicyclic) bond motifs is 1. The minimum atomic E-state index is -0.110. The molecule has 2 aliphatic rings. The molecular weight excluding hydrogens is 408 g/mol. The van der Waals surface area contributed by atoms with Crippen LogP contribution in [-0.2, 0) is 4.74 Å². The zero-order chi connectivity index (χ0) is 21.8. The van der Waals surface area contributed by atoms with Gasteiger partial charge in [0, 0.05) is 31.4 Å². The number of carbonyl (C=O) groups excluding carboxylic acids is 1. The van der Waals surface area contributed by atoms with Crippen molar-refractivity contribution in [3.8, 4) is 5.88 Å². The van der Waals surface area contributed by atoms with Gasteiger partial charge in [0.25, 0.3) is 5.91 Å². The highest BCUT2D eigenvalue weighted by atomic mass is 16.5. The molecule has 3 aromatic heterocycles. The molecule has 1 N–H and O–H groups in total. The normalized spacial score (nSPS) is 21.3. The van der Waals surface area contributed by atoms with Gasteiger partial charge in [-0.1, -0.05) is 0 Å². The number of amides is 1. The van der Waals surface area contributed by atoms with E-state index in [-0.39, 0.29) is 18.1 Å². The number of carbonyl (C=O) groups is 1. The van der Waals surface area contributed by atoms with Crippen molar-refractivity contribution in [2.24, 2.45) is 0 Å². The second kappa shape index (κ2) is 9.44. The van der Waals surface area contributed by atoms with E-state index in [9.17, 15) is 4.79 Å². The molecule has 0 aromatic carbocycles. The molecule has 32 heavy (non-hydrogen) atoms. The van der Waals surface area contributed by atoms with Gasteiger partial charge in [0.05, 0.1) is 42.1 Å². The van der Waals surface area contributed by atoms with E-state index in [1.807, 2.05) is 18.2 Å². The van der Waals surface area contributed by atoms with Crippen molar-refractivity contribution in [1.82, 2.24) is 25.5 Å². The average molecular weight is 435 g/mol. The Morgan fingerprint density at radius 3 is 2.72 bits per heavy atom. The van der Waals surface area contributed by atoms with Crippen LogP contribution >= 0.6 is 0 Å². The summed E-state index contributed by atoms with van der Waals surface area (Å²) in [5.74, 6) is 1.40. The lowest BCUT2D eigenvalue weighted by Gasteiger charge is -2.31. The molecule has 5 rings (SSSR count). The summed E-state index contributed by atoms with van der Waals surface area (Å²) in [6.07, 6.45) is 8.27. The Morgan fingerprint density at radius 1 is 1.09 bits per heavy atom. The van der Waals surface area contributed by atoms with Gasteiger partial charge in [-0.2, -0.15) is 15.2 Å². The molecule has 4 heterocycles. The molecule has 9 heteroatoms. The molecule has 2 fully saturated rings. The molecule has 0 radical (unpaired) electrons. The largest absolute Gasteiger partial charge is 0.474 e. The molecular formula is C23H26N6O3. The Morgan fingerprint density at radius 2 is 1.94 bits per heavy atom. The molecule has 1 aliphatic heterocycles. The topological polar surface area (TPSA) is 102 Å². The van der Waals surface area contributed by atoms with Crippen molar-refractivity contribution in [1.29, 1.82) is 0 Å². The van der Waals surface area contributed by atoms with Gasteiger partial charge in [0.1, 0.15) is 11.9 Å². The van der Waals surface area contributed by atoms with E-state index >= 15 is 0 Å². The Bertz CT molecular complexity index is 1070. The van der Waals surface area contributed by atoms with Crippen LogP contribution in [0.2, 0.25) is 0 Å². The SMILES string of the molecule is O=C(NC1CCC(Oc2nc(N3CCOCC3)cc3ncccc23)CC1)c1ccnnc1. The highest BCUT2D eigenvalue weighted by Gasteiger charge is 2.25. The van der Waals surface area contributed by atoms with Crippen LogP contribution in [0.15, 0.2) is 42.9 Å². The van der Waals surface area contributed by atoms with Crippen molar-refractivity contribution in [2.45, 2.75) is 37.8 Å². The Kier molecular flexibility index (Phi) is 6.06. The van der Waals surface area contributed by atoms with Gasteiger partial charge in [-0.25, -0.2) is 0 Å². The minimum Gasteiger partial charge on any atom is -0.474 e. The number of rotatable bonds is 5. The summed E-state index contributed by atoms with van der Waals surface area (Å²) < 4.78 is 11.9. The number of hydrogen-bond donors (Lipinski definition) is 1. The summed E-state index contributed by atoms with van der Waals surface area (Å²) in [5.41, 5.74) is 1.41. The highest BCUT2D eigenvalue weighted by Crippen LogP contribution is 2.31. The summed E-state index contributed by atoms with van der Waals surface area (Å²) in [5, 5.41) is 11.5. The predicted octanol–water partition coefficient (Wildman–Crippen LogP) is 2.38. The third-order valence-electron chi connectivity index (χ3n) is 6.02. The van der Waals surface area contributed by atoms with Crippen molar-refractivity contribution in [2.75, 3.05) is 31.2 Å². The molecule has 0 unspecified atom stereocenters. The summed E-state index contributed by atoms with van der Waals surface area (Å²) >= 11 is 0. The summed E-state index contributed by atoms with van der Waals surface area (Å²) in [6.45, 7) is 3.01. The van der Waals surface area contributed by atoms with Crippen LogP contribution in [0, 0.1) is 0 Å². The Labute approximate surface area is 186 Å². The Balaban J connectivity index is 1.25. The number of morpholine rings is 1. The second-order valence-corrected chi connectivity index (χ2v) is 8.15. The van der Waals surface area contributed by atoms with E-state index in [1.165, 1.54) is 12.4 Å². The van der Waals surface area contributed by atoms with Crippen LogP contribution in [-0.4, -0.2) is 64.5 Å². The molecule has 1 saturated heterocycles. The first-order chi connectivity index (χ1) is 15.8. The fourth-order valence-corrected chi connectivity index (χ4v) is 4.25. The van der Waals surface area contributed by atoms with Crippen LogP contribution in [0.25, 0.3) is 10.9 Å². The van der Waals surface area contributed by atoms with Gasteiger partial charge in [-0.3, -0.25) is 9.78 Å². The van der Waals surface area contributed by atoms with E-state index in [0.717, 1.165) is 55.5 Å². The van der Waals surface area contributed by atoms with E-state index in [4.69, 9.17) is 14.5 Å². The minimum absolute atomic E-state index is 0.0570. The van der Waals surface area contributed by atoms with E-state index in [0.29, 0.717) is 24.7 Å². The molecule has 166 valence electrons. The number of nitrogens with zero attached hydrogens (tertiary/aromatic N) is 5. The van der Waals surface area contributed by atoms with Crippen molar-refractivity contribution in [3.05, 3.63) is 48.4 Å². The zero-order valence-electron chi connectivity index (χ0n) is 17.8. The van der Waals surface area contributed by atoms with Gasteiger partial charge in [0.15, 0.2) is 0 Å². The van der Waals surface area contributed by atoms with E-state index < -0.39 is 0 Å². The first-order valence-electron chi connectivity index (χ1n) is 11.1. The zero-order valence-corrected chi connectivity index (χ0v) is 17.8. The monoisotopic (exact) mass is 434 g/mol. The number of nitrogens with one attached hydrogen (secondary N) is 1. The number of ether oxygens (including phenoxy) is 2. The number of pyridine rings is 2. The molecule has 1 amide bonds. The fourth-order valence-electron chi connectivity index (χ4n) is 4.25. The molecule has 3 aromatic rings. The van der Waals surface area contributed by atoms with Crippen LogP contribution < -0.4 is 15.0 Å². The standard InChI is InChI=1S/C23H26N6O3/c30-22(16-7-9-25-26-15-16)27-17-3-5-18(6-4-17)32-23-19-2-1-8-24-20(19)14-21(28-23)29-10-12-31-13-11-29/h1-2,7-9,14-15,17-18H,3-6,10-13H2,(H,27,30). The third-order valence-corrected chi connectivity index (χ3v) is 6.02. The predicted molar refractivity (Wildman–Crippen MR) is 119 cm³/mol. The molecule has 0 spiro atoms. The van der Waals surface area contributed by atoms with E-state index in [2.05, 4.69) is 25.4 Å². The molecule has 1 aliphatic carbocycles. The lowest BCUT2D eigenvalue weighted by molar-refractivity contribution is 0.0891. The quantitative estimate of drug-likeness (QED) is 0.653. The van der Waals surface area contributed by atoms with Gasteiger partial charge in [-0.15, -0.1) is 0 Å². The van der Waals surface area contributed by atoms with E-state index in [1.54, 1.807) is 12.3 Å². The van der Waals surface area contributed by atoms with Crippen LogP contribution in [0.5, 0.6) is 5.88 Å². The number of hydrogen-bond acceptors (Lipinski definition) is 8. The van der Waals surface area contributed by atoms with Crippen LogP contribution in [0.3, 0.4) is 0 Å². The lowest BCUT2D eigenvalue weighted by atomic mass is 9.92. The first kappa shape index (κ1) is 20.6. The second-order valence-electron chi connectivity index (χ2n) is 8.15. The lowest BCUT2D eigenvalue weighted by Crippen LogP contribution is -2.40. The fraction of sp³-hybridized carbons (Fsp3) is 0.435. The van der Waals surface area contributed by atoms with Crippen molar-refractivity contribution >= 4 is 22.6 Å². The maximum absolute atomic E-state index is 12.4. The van der Waals surface area contributed by atoms with Gasteiger partial charge in [-0.05, 0) is 43.9 Å². The van der Waals surface area contributed by atoms with Crippen molar-refractivity contribution in [3.63, 3.8) is 0 Å². The third kappa shape index (κ3) is 4.62. The summed E-state index contributed by atoms with van der Waals surface area (Å²) in [6, 6.07) is 7.73. The van der Waals surface area contributed by atoms with Crippen LogP contribution in [0.4, 0.5) is 5.82 Å². The van der Waals surface area contributed by atoms with Gasteiger partial charge >= 0.3 is 0 Å². The summed E-state index contributed by atoms with van der Waals surface area (Å²) in [7, 11) is 0. The maximum Gasteiger partial charge on any atom is 0.253 e. The molecule has 0 atom stereocenters. The van der Waals surface area contributed by atoms with Crippen molar-refractivity contribution < 1.29 is 14.3 Å². The van der Waals surface area contributed by atoms with Crippen LogP contribution in [0.1, 0.15) is 36.0 Å². The number of anilines is 1. The number of aromatic nitrogens is 4. The first-order valence-corrected chi connectivity index (χ1v) is 11.1. The smallest absolute Gasteiger partial charge is 0.253 e. The summed E-state index contributed by atoms with van der Waals surface area (Å²) in [4.78, 5) is 24.0. The van der Waals surface area contributed by atoms with Gasteiger partial charge in [0.2, 0.25) is 5.88 Å². The maximum atomic E-state index is 12.4. The van der Waals surface area contributed by atoms with Gasteiger partial charge < -0.3 is 19.7 Å². The average Bonchev–Trinajstić information content (AvgIpc) is 2.86. The molecule has 1 saturated carbocycles. The Hall–Kier alpha value is -3.33.